The fourth-order valence-electron chi connectivity index (χ4n) is 7.01. The summed E-state index contributed by atoms with van der Waals surface area (Å²) in [7, 11) is 2.88. The third-order valence-corrected chi connectivity index (χ3v) is 11.9. The molecule has 408 valence electrons. The van der Waals surface area contributed by atoms with Crippen molar-refractivity contribution in [2.24, 2.45) is 0 Å². The van der Waals surface area contributed by atoms with Crippen molar-refractivity contribution >= 4 is 91.4 Å². The molecule has 13 nitrogen and oxygen atoms in total. The lowest BCUT2D eigenvalue weighted by Gasteiger charge is -2.10. The summed E-state index contributed by atoms with van der Waals surface area (Å²) in [4.78, 5) is 60.0. The zero-order valence-corrected chi connectivity index (χ0v) is 46.1. The molecule has 0 spiro atoms. The van der Waals surface area contributed by atoms with Gasteiger partial charge in [0.1, 0.15) is 46.3 Å². The second kappa shape index (κ2) is 29.2. The van der Waals surface area contributed by atoms with Crippen molar-refractivity contribution in [3.05, 3.63) is 255 Å². The van der Waals surface area contributed by atoms with Crippen LogP contribution in [0.1, 0.15) is 80.4 Å². The molecule has 8 rings (SSSR count). The molecular formula is C59H34BrCl4F4N3O10. The smallest absolute Gasteiger partial charge is 0.341 e. The Morgan fingerprint density at radius 1 is 0.457 bits per heavy atom. The number of carboxylic acid groups (broad SMARTS) is 1. The van der Waals surface area contributed by atoms with Crippen LogP contribution < -0.4 is 14.2 Å². The van der Waals surface area contributed by atoms with Crippen LogP contribution in [-0.4, -0.2) is 60.1 Å². The molecule has 0 saturated heterocycles. The number of methoxy groups -OCH3 is 2. The van der Waals surface area contributed by atoms with Gasteiger partial charge in [-0.05, 0) is 146 Å². The Balaban J connectivity index is 0.000000199. The average Bonchev–Trinajstić information content (AvgIpc) is 3.48. The van der Waals surface area contributed by atoms with Gasteiger partial charge in [0.2, 0.25) is 0 Å². The number of ketones is 4. The molecular weight excluding hydrogens is 1210 g/mol. The van der Waals surface area contributed by atoms with Gasteiger partial charge in [-0.2, -0.15) is 15.8 Å². The maximum atomic E-state index is 13.5. The number of rotatable bonds is 13. The lowest BCUT2D eigenvalue weighted by atomic mass is 10.0. The molecule has 0 aliphatic heterocycles. The highest BCUT2D eigenvalue weighted by atomic mass is 79.9. The first-order valence-electron chi connectivity index (χ1n) is 22.5. The van der Waals surface area contributed by atoms with Crippen molar-refractivity contribution in [2.75, 3.05) is 20.8 Å². The highest BCUT2D eigenvalue weighted by Gasteiger charge is 2.21. The number of carbonyl (C=O) groups excluding carboxylic acids is 4. The Bertz CT molecular complexity index is 3880. The van der Waals surface area contributed by atoms with Crippen LogP contribution >= 0.6 is 62.3 Å². The molecule has 8 aromatic rings. The number of carboxylic acids is 1. The van der Waals surface area contributed by atoms with E-state index >= 15 is 0 Å². The zero-order valence-electron chi connectivity index (χ0n) is 41.5. The Labute approximate surface area is 487 Å². The van der Waals surface area contributed by atoms with Gasteiger partial charge >= 0.3 is 5.97 Å². The highest BCUT2D eigenvalue weighted by molar-refractivity contribution is 9.10. The van der Waals surface area contributed by atoms with Crippen LogP contribution in [0.4, 0.5) is 17.6 Å². The molecule has 0 bridgehead atoms. The van der Waals surface area contributed by atoms with Crippen LogP contribution in [0.25, 0.3) is 0 Å². The summed E-state index contributed by atoms with van der Waals surface area (Å²) in [6.45, 7) is -0.644. The van der Waals surface area contributed by atoms with Crippen LogP contribution in [0.3, 0.4) is 0 Å². The Morgan fingerprint density at radius 3 is 1.11 bits per heavy atom. The number of hydrogen-bond donors (Lipinski definition) is 2. The predicted molar refractivity (Wildman–Crippen MR) is 295 cm³/mol. The number of nitriles is 3. The number of benzene rings is 8. The molecule has 0 amide bonds. The number of phenolic OH excluding ortho intramolecular Hbond substituents is 1. The first-order chi connectivity index (χ1) is 38.5. The van der Waals surface area contributed by atoms with Gasteiger partial charge in [0, 0.05) is 46.8 Å². The standard InChI is InChI=1S/C16H9ClFNO4.C15H9ClFNO2.C14H9BrClFO2.C14H7ClFNO2/c17-11-1-2-14(23-8-15(20)21)13(6-11)16(22)10-3-9(7-19)4-12(18)5-10;1-20-14-3-2-11(16)7-13(14)15(19)10-4-9(8-18)5-12(17)6-10;1-19-13-3-2-10(16)7-12(13)14(18)8-4-9(15)6-11(17)5-8;15-10-1-2-13(18)12(6-10)14(19)9-3-8(7-17)4-11(16)5-9/h1-6H,8H2,(H,20,21);2-7H,1H3;2-7H,1H3;1-6,18H. The minimum absolute atomic E-state index is 0.00423. The van der Waals surface area contributed by atoms with Gasteiger partial charge < -0.3 is 24.4 Å². The number of ether oxygens (including phenoxy) is 3. The summed E-state index contributed by atoms with van der Waals surface area (Å²) in [6, 6.07) is 36.6. The van der Waals surface area contributed by atoms with E-state index in [1.165, 1.54) is 93.1 Å². The summed E-state index contributed by atoms with van der Waals surface area (Å²) in [5, 5.41) is 46.0. The van der Waals surface area contributed by atoms with E-state index in [2.05, 4.69) is 15.9 Å². The average molecular weight is 1240 g/mol. The maximum Gasteiger partial charge on any atom is 0.341 e. The monoisotopic (exact) mass is 1240 g/mol. The maximum absolute atomic E-state index is 13.5. The van der Waals surface area contributed by atoms with Crippen molar-refractivity contribution in [3.63, 3.8) is 0 Å². The molecule has 0 unspecified atom stereocenters. The lowest BCUT2D eigenvalue weighted by Crippen LogP contribution is -2.12. The van der Waals surface area contributed by atoms with Crippen molar-refractivity contribution in [2.45, 2.75) is 0 Å². The first kappa shape index (κ1) is 62.8. The minimum Gasteiger partial charge on any atom is -0.507 e. The van der Waals surface area contributed by atoms with Crippen LogP contribution in [0, 0.1) is 57.3 Å². The van der Waals surface area contributed by atoms with E-state index in [1.54, 1.807) is 48.5 Å². The molecule has 0 radical (unpaired) electrons. The Hall–Kier alpha value is -9.06. The topological polar surface area (TPSA) is 225 Å². The molecule has 0 aromatic heterocycles. The van der Waals surface area contributed by atoms with Crippen LogP contribution in [-0.2, 0) is 4.79 Å². The number of halogens is 9. The van der Waals surface area contributed by atoms with Crippen LogP contribution in [0.5, 0.6) is 23.0 Å². The van der Waals surface area contributed by atoms with Gasteiger partial charge in [0.05, 0.1) is 71.4 Å². The number of hydrogen-bond acceptors (Lipinski definition) is 12. The summed E-state index contributed by atoms with van der Waals surface area (Å²) in [5.74, 6) is -5.33. The molecule has 0 fully saturated rings. The van der Waals surface area contributed by atoms with E-state index in [0.717, 1.165) is 36.4 Å². The SMILES string of the molecule is COc1ccc(Cl)cc1C(=O)c1cc(F)cc(Br)c1.COc1ccc(Cl)cc1C(=O)c1cc(F)cc(C#N)c1.N#Cc1cc(F)cc(C(=O)c2cc(Cl)ccc2O)c1.N#Cc1cc(F)cc(C(=O)c2cc(Cl)ccc2OCC(=O)O)c1. The molecule has 0 heterocycles. The molecule has 0 saturated carbocycles. The highest BCUT2D eigenvalue weighted by Crippen LogP contribution is 2.30. The quantitative estimate of drug-likeness (QED) is 0.0810. The zero-order chi connectivity index (χ0) is 59.7. The summed E-state index contributed by atoms with van der Waals surface area (Å²) in [5.41, 5.74) is 0.771. The third kappa shape index (κ3) is 17.7. The summed E-state index contributed by atoms with van der Waals surface area (Å²) >= 11 is 26.5. The molecule has 2 N–H and O–H groups in total. The lowest BCUT2D eigenvalue weighted by molar-refractivity contribution is -0.139. The minimum atomic E-state index is -1.21. The normalized spacial score (nSPS) is 10.0. The second-order valence-electron chi connectivity index (χ2n) is 16.2. The van der Waals surface area contributed by atoms with E-state index < -0.39 is 53.2 Å². The van der Waals surface area contributed by atoms with Crippen molar-refractivity contribution in [1.29, 1.82) is 15.8 Å². The molecule has 81 heavy (non-hydrogen) atoms. The summed E-state index contributed by atoms with van der Waals surface area (Å²) < 4.78 is 69.2. The Morgan fingerprint density at radius 2 is 0.765 bits per heavy atom. The largest absolute Gasteiger partial charge is 0.507 e. The fourth-order valence-corrected chi connectivity index (χ4v) is 8.17. The van der Waals surface area contributed by atoms with E-state index in [1.807, 2.05) is 0 Å². The fraction of sp³-hybridized carbons (Fsp3) is 0.0508. The number of aromatic hydroxyl groups is 1. The van der Waals surface area contributed by atoms with E-state index in [-0.39, 0.29) is 83.0 Å². The molecule has 22 heteroatoms. The van der Waals surface area contributed by atoms with E-state index in [0.29, 0.717) is 31.6 Å². The number of phenols is 1. The van der Waals surface area contributed by atoms with Gasteiger partial charge in [-0.1, -0.05) is 62.3 Å². The number of carbonyl (C=O) groups is 5. The van der Waals surface area contributed by atoms with Gasteiger partial charge in [-0.15, -0.1) is 0 Å². The third-order valence-electron chi connectivity index (χ3n) is 10.5. The molecule has 0 atom stereocenters. The van der Waals surface area contributed by atoms with Gasteiger partial charge in [-0.25, -0.2) is 22.4 Å². The number of aliphatic carboxylic acids is 1. The molecule has 0 aliphatic carbocycles. The van der Waals surface area contributed by atoms with Gasteiger partial charge in [0.25, 0.3) is 0 Å². The van der Waals surface area contributed by atoms with Crippen LogP contribution in [0.15, 0.2) is 150 Å². The predicted octanol–water partition coefficient (Wildman–Crippen LogP) is 14.4. The van der Waals surface area contributed by atoms with Crippen molar-refractivity contribution < 1.29 is 66.0 Å². The Kier molecular flexibility index (Phi) is 22.7. The van der Waals surface area contributed by atoms with Crippen molar-refractivity contribution in [3.8, 4) is 41.2 Å². The van der Waals surface area contributed by atoms with Crippen molar-refractivity contribution in [1.82, 2.24) is 0 Å². The van der Waals surface area contributed by atoms with Gasteiger partial charge in [-0.3, -0.25) is 19.2 Å². The van der Waals surface area contributed by atoms with E-state index in [4.69, 9.17) is 81.5 Å². The summed E-state index contributed by atoms with van der Waals surface area (Å²) in [6.07, 6.45) is 0. The van der Waals surface area contributed by atoms with Gasteiger partial charge in [0.15, 0.2) is 29.7 Å². The molecule has 8 aromatic carbocycles. The first-order valence-corrected chi connectivity index (χ1v) is 24.8. The van der Waals surface area contributed by atoms with Crippen LogP contribution in [0.2, 0.25) is 20.1 Å². The number of nitrogens with zero attached hydrogens (tertiary/aromatic N) is 3. The second-order valence-corrected chi connectivity index (χ2v) is 18.8. The van der Waals surface area contributed by atoms with E-state index in [9.17, 15) is 46.6 Å². The molecule has 0 aliphatic rings.